The molecule has 0 aromatic carbocycles. The average Bonchev–Trinajstić information content (AvgIpc) is 2.03. The van der Waals surface area contributed by atoms with Gasteiger partial charge in [-0.15, -0.1) is 0 Å². The van der Waals surface area contributed by atoms with Gasteiger partial charge in [0, 0.05) is 26.2 Å². The Labute approximate surface area is 79.2 Å². The number of hydrogen-bond donors (Lipinski definition) is 1. The fourth-order valence-corrected chi connectivity index (χ4v) is 1.99. The molecule has 5 nitrogen and oxygen atoms in total. The lowest BCUT2D eigenvalue weighted by Crippen LogP contribution is -2.48. The highest BCUT2D eigenvalue weighted by Crippen LogP contribution is 2.05. The van der Waals surface area contributed by atoms with E-state index >= 15 is 0 Å². The number of rotatable bonds is 3. The third kappa shape index (κ3) is 4.04. The molecule has 0 radical (unpaired) electrons. The van der Waals surface area contributed by atoms with E-state index in [1.54, 1.807) is 6.92 Å². The maximum absolute atomic E-state index is 10.8. The van der Waals surface area contributed by atoms with E-state index in [9.17, 15) is 8.42 Å². The molecular weight excluding hydrogens is 192 g/mol. The zero-order valence-corrected chi connectivity index (χ0v) is 8.80. The van der Waals surface area contributed by atoms with Gasteiger partial charge in [-0.2, -0.15) is 8.42 Å². The van der Waals surface area contributed by atoms with E-state index in [0.29, 0.717) is 0 Å². The minimum atomic E-state index is -3.33. The monoisotopic (exact) mass is 208 g/mol. The highest BCUT2D eigenvalue weighted by atomic mass is 32.2. The Balaban J connectivity index is 2.42. The van der Waals surface area contributed by atoms with E-state index in [1.165, 1.54) is 0 Å². The topological polar surface area (TPSA) is 58.6 Å². The molecule has 1 fully saturated rings. The Hall–Kier alpha value is -0.170. The summed E-state index contributed by atoms with van der Waals surface area (Å²) in [5.74, 6) is 0. The van der Waals surface area contributed by atoms with Crippen LogP contribution in [0.4, 0.5) is 0 Å². The molecule has 1 atom stereocenters. The van der Waals surface area contributed by atoms with Crippen molar-refractivity contribution >= 4 is 10.1 Å². The van der Waals surface area contributed by atoms with Crippen molar-refractivity contribution in [2.75, 3.05) is 32.4 Å². The first-order valence-corrected chi connectivity index (χ1v) is 6.14. The molecule has 0 aromatic heterocycles. The summed E-state index contributed by atoms with van der Waals surface area (Å²) in [6.07, 6.45) is 0.725. The minimum Gasteiger partial charge on any atom is -0.314 e. The lowest BCUT2D eigenvalue weighted by Gasteiger charge is -2.31. The van der Waals surface area contributed by atoms with Crippen molar-refractivity contribution in [3.05, 3.63) is 0 Å². The molecule has 1 aliphatic rings. The van der Waals surface area contributed by atoms with Gasteiger partial charge in [0.15, 0.2) is 0 Å². The van der Waals surface area contributed by atoms with Crippen LogP contribution < -0.4 is 5.32 Å². The Morgan fingerprint density at radius 3 is 2.38 bits per heavy atom. The van der Waals surface area contributed by atoms with Crippen molar-refractivity contribution in [3.63, 3.8) is 0 Å². The second kappa shape index (κ2) is 4.36. The summed E-state index contributed by atoms with van der Waals surface area (Å²) in [4.78, 5) is 2.00. The first kappa shape index (κ1) is 10.9. The maximum Gasteiger partial charge on any atom is 0.265 e. The van der Waals surface area contributed by atoms with Crippen molar-refractivity contribution in [2.45, 2.75) is 13.2 Å². The van der Waals surface area contributed by atoms with Gasteiger partial charge in [0.25, 0.3) is 10.1 Å². The van der Waals surface area contributed by atoms with E-state index in [2.05, 4.69) is 5.32 Å². The molecule has 1 unspecified atom stereocenters. The van der Waals surface area contributed by atoms with E-state index in [-0.39, 0.29) is 6.23 Å². The van der Waals surface area contributed by atoms with Gasteiger partial charge in [-0.25, -0.2) is 0 Å². The molecule has 1 rings (SSSR count). The van der Waals surface area contributed by atoms with Gasteiger partial charge in [0.2, 0.25) is 0 Å². The Morgan fingerprint density at radius 2 is 1.92 bits per heavy atom. The molecule has 1 N–H and O–H groups in total. The van der Waals surface area contributed by atoms with Crippen LogP contribution in [-0.4, -0.2) is 52.0 Å². The summed E-state index contributed by atoms with van der Waals surface area (Å²) < 4.78 is 26.5. The molecule has 1 aliphatic heterocycles. The molecule has 0 bridgehead atoms. The third-order valence-corrected chi connectivity index (χ3v) is 2.61. The molecule has 0 saturated carbocycles. The SMILES string of the molecule is CC(OS(C)(=O)=O)N1CCNCC1. The summed E-state index contributed by atoms with van der Waals surface area (Å²) in [6, 6.07) is 0. The predicted octanol–water partition coefficient (Wildman–Crippen LogP) is -0.786. The van der Waals surface area contributed by atoms with Crippen molar-refractivity contribution in [1.82, 2.24) is 10.2 Å². The van der Waals surface area contributed by atoms with Crippen LogP contribution in [0.15, 0.2) is 0 Å². The number of nitrogens with one attached hydrogen (secondary N) is 1. The van der Waals surface area contributed by atoms with Crippen molar-refractivity contribution in [1.29, 1.82) is 0 Å². The highest BCUT2D eigenvalue weighted by Gasteiger charge is 2.19. The standard InChI is InChI=1S/C7H16N2O3S/c1-7(12-13(2,10)11)9-5-3-8-4-6-9/h7-8H,3-6H2,1-2H3. The molecule has 0 aromatic rings. The molecule has 1 heterocycles. The fraction of sp³-hybridized carbons (Fsp3) is 1.00. The first-order chi connectivity index (χ1) is 5.99. The van der Waals surface area contributed by atoms with Crippen LogP contribution in [0, 0.1) is 0 Å². The number of nitrogens with zero attached hydrogens (tertiary/aromatic N) is 1. The van der Waals surface area contributed by atoms with E-state index in [4.69, 9.17) is 4.18 Å². The van der Waals surface area contributed by atoms with Crippen LogP contribution in [0.2, 0.25) is 0 Å². The highest BCUT2D eigenvalue weighted by molar-refractivity contribution is 7.86. The molecule has 0 amide bonds. The van der Waals surface area contributed by atoms with Crippen LogP contribution in [0.25, 0.3) is 0 Å². The third-order valence-electron chi connectivity index (χ3n) is 1.98. The fourth-order valence-electron chi connectivity index (χ4n) is 1.36. The smallest absolute Gasteiger partial charge is 0.265 e. The Kier molecular flexibility index (Phi) is 3.66. The van der Waals surface area contributed by atoms with Crippen LogP contribution in [0.5, 0.6) is 0 Å². The Morgan fingerprint density at radius 1 is 1.38 bits per heavy atom. The summed E-state index contributed by atoms with van der Waals surface area (Å²) in [6.45, 7) is 5.19. The summed E-state index contributed by atoms with van der Waals surface area (Å²) >= 11 is 0. The van der Waals surface area contributed by atoms with Gasteiger partial charge in [0.05, 0.1) is 6.26 Å². The maximum atomic E-state index is 10.8. The molecular formula is C7H16N2O3S. The largest absolute Gasteiger partial charge is 0.314 e. The molecule has 0 aliphatic carbocycles. The number of piperazine rings is 1. The van der Waals surface area contributed by atoms with Gasteiger partial charge in [-0.3, -0.25) is 9.08 Å². The second-order valence-corrected chi connectivity index (χ2v) is 4.79. The summed E-state index contributed by atoms with van der Waals surface area (Å²) in [5.41, 5.74) is 0. The van der Waals surface area contributed by atoms with Crippen LogP contribution in [-0.2, 0) is 14.3 Å². The van der Waals surface area contributed by atoms with Crippen molar-refractivity contribution < 1.29 is 12.6 Å². The van der Waals surface area contributed by atoms with Crippen molar-refractivity contribution in [3.8, 4) is 0 Å². The molecule has 13 heavy (non-hydrogen) atoms. The van der Waals surface area contributed by atoms with Gasteiger partial charge >= 0.3 is 0 Å². The van der Waals surface area contributed by atoms with Crippen LogP contribution >= 0.6 is 0 Å². The summed E-state index contributed by atoms with van der Waals surface area (Å²) in [7, 11) is -3.33. The van der Waals surface area contributed by atoms with Gasteiger partial charge < -0.3 is 5.32 Å². The predicted molar refractivity (Wildman–Crippen MR) is 49.8 cm³/mol. The second-order valence-electron chi connectivity index (χ2n) is 3.19. The van der Waals surface area contributed by atoms with Crippen LogP contribution in [0.1, 0.15) is 6.92 Å². The summed E-state index contributed by atoms with van der Waals surface area (Å²) in [5, 5.41) is 3.19. The quantitative estimate of drug-likeness (QED) is 0.616. The molecule has 6 heteroatoms. The Bertz CT molecular complexity index is 246. The lowest BCUT2D eigenvalue weighted by atomic mass is 10.3. The van der Waals surface area contributed by atoms with Gasteiger partial charge in [-0.05, 0) is 6.92 Å². The van der Waals surface area contributed by atoms with E-state index in [1.807, 2.05) is 4.90 Å². The molecule has 78 valence electrons. The number of hydrogen-bond acceptors (Lipinski definition) is 5. The minimum absolute atomic E-state index is 0.350. The lowest BCUT2D eigenvalue weighted by molar-refractivity contribution is 0.0370. The van der Waals surface area contributed by atoms with E-state index < -0.39 is 10.1 Å². The normalized spacial score (nSPS) is 22.9. The molecule has 1 saturated heterocycles. The van der Waals surface area contributed by atoms with Crippen molar-refractivity contribution in [2.24, 2.45) is 0 Å². The van der Waals surface area contributed by atoms with E-state index in [0.717, 1.165) is 32.4 Å². The molecule has 0 spiro atoms. The zero-order chi connectivity index (χ0) is 9.90. The van der Waals surface area contributed by atoms with Gasteiger partial charge in [-0.1, -0.05) is 0 Å². The van der Waals surface area contributed by atoms with Crippen LogP contribution in [0.3, 0.4) is 0 Å². The van der Waals surface area contributed by atoms with Gasteiger partial charge in [0.1, 0.15) is 6.23 Å². The average molecular weight is 208 g/mol. The zero-order valence-electron chi connectivity index (χ0n) is 7.99. The first-order valence-electron chi connectivity index (χ1n) is 4.32.